The minimum Gasteiger partial charge on any atom is -0.381 e. The number of aliphatic hydroxyl groups excluding tert-OH is 1. The molecule has 1 unspecified atom stereocenters. The van der Waals surface area contributed by atoms with Gasteiger partial charge < -0.3 is 5.11 Å². The lowest BCUT2D eigenvalue weighted by Gasteiger charge is -2.03. The highest BCUT2D eigenvalue weighted by atomic mass is 17.1. The molecule has 1 aliphatic rings. The molecule has 4 nitrogen and oxygen atoms in total. The van der Waals surface area contributed by atoms with Crippen molar-refractivity contribution in [2.75, 3.05) is 0 Å². The van der Waals surface area contributed by atoms with Crippen molar-refractivity contribution in [2.45, 2.75) is 25.4 Å². The second kappa shape index (κ2) is 2.98. The first kappa shape index (κ1) is 7.50. The van der Waals surface area contributed by atoms with Crippen LogP contribution in [0.25, 0.3) is 0 Å². The van der Waals surface area contributed by atoms with Crippen LogP contribution in [0.5, 0.6) is 0 Å². The van der Waals surface area contributed by atoms with Gasteiger partial charge in [-0.05, 0) is 12.3 Å². The summed E-state index contributed by atoms with van der Waals surface area (Å²) in [6.45, 7) is 0. The molecule has 0 radical (unpaired) electrons. The molecule has 58 valence electrons. The molecule has 0 aliphatic heterocycles. The first-order valence-electron chi connectivity index (χ1n) is 3.27. The number of carbonyl (C=O) groups excluding carboxylic acids is 1. The van der Waals surface area contributed by atoms with E-state index in [4.69, 9.17) is 10.4 Å². The Morgan fingerprint density at radius 1 is 1.70 bits per heavy atom. The minimum absolute atomic E-state index is 0.416. The van der Waals surface area contributed by atoms with Crippen molar-refractivity contribution in [2.24, 2.45) is 5.92 Å². The van der Waals surface area contributed by atoms with Gasteiger partial charge in [0.2, 0.25) is 0 Å². The van der Waals surface area contributed by atoms with Gasteiger partial charge in [-0.25, -0.2) is 4.79 Å². The standard InChI is InChI=1S/C6H10O4/c7-5(6(8)10-9)3-4-1-2-4/h4-5,7,9H,1-3H2. The van der Waals surface area contributed by atoms with Gasteiger partial charge in [0.1, 0.15) is 0 Å². The van der Waals surface area contributed by atoms with Crippen molar-refractivity contribution in [3.63, 3.8) is 0 Å². The smallest absolute Gasteiger partial charge is 0.370 e. The van der Waals surface area contributed by atoms with Gasteiger partial charge in [-0.3, -0.25) is 4.89 Å². The van der Waals surface area contributed by atoms with Crippen molar-refractivity contribution >= 4 is 5.97 Å². The molecule has 1 rings (SSSR count). The zero-order valence-corrected chi connectivity index (χ0v) is 5.49. The van der Waals surface area contributed by atoms with Gasteiger partial charge >= 0.3 is 5.97 Å². The fraction of sp³-hybridized carbons (Fsp3) is 0.833. The topological polar surface area (TPSA) is 66.8 Å². The van der Waals surface area contributed by atoms with Crippen LogP contribution in [-0.2, 0) is 9.68 Å². The summed E-state index contributed by atoms with van der Waals surface area (Å²) < 4.78 is 0. The number of rotatable bonds is 3. The van der Waals surface area contributed by atoms with Gasteiger partial charge in [0, 0.05) is 0 Å². The summed E-state index contributed by atoms with van der Waals surface area (Å²) >= 11 is 0. The maximum atomic E-state index is 10.4. The zero-order valence-electron chi connectivity index (χ0n) is 5.49. The molecule has 0 aromatic carbocycles. The Bertz CT molecular complexity index is 130. The Balaban J connectivity index is 2.18. The van der Waals surface area contributed by atoms with Crippen LogP contribution in [0, 0.1) is 5.92 Å². The zero-order chi connectivity index (χ0) is 7.56. The van der Waals surface area contributed by atoms with Gasteiger partial charge in [0.25, 0.3) is 0 Å². The van der Waals surface area contributed by atoms with Crippen molar-refractivity contribution in [1.29, 1.82) is 0 Å². The van der Waals surface area contributed by atoms with Gasteiger partial charge in [-0.2, -0.15) is 5.26 Å². The molecule has 0 aromatic heterocycles. The molecule has 4 heteroatoms. The molecular formula is C6H10O4. The van der Waals surface area contributed by atoms with Crippen molar-refractivity contribution < 1.29 is 20.0 Å². The maximum absolute atomic E-state index is 10.4. The molecule has 0 saturated heterocycles. The van der Waals surface area contributed by atoms with Crippen LogP contribution in [-0.4, -0.2) is 22.4 Å². The summed E-state index contributed by atoms with van der Waals surface area (Å²) in [5.74, 6) is -0.499. The lowest BCUT2D eigenvalue weighted by atomic mass is 10.2. The number of aliphatic hydroxyl groups is 1. The van der Waals surface area contributed by atoms with Gasteiger partial charge in [0.15, 0.2) is 6.10 Å². The van der Waals surface area contributed by atoms with Crippen LogP contribution >= 0.6 is 0 Å². The van der Waals surface area contributed by atoms with E-state index in [1.54, 1.807) is 0 Å². The molecule has 1 fully saturated rings. The number of hydrogen-bond acceptors (Lipinski definition) is 4. The van der Waals surface area contributed by atoms with Crippen LogP contribution in [0.2, 0.25) is 0 Å². The Kier molecular flexibility index (Phi) is 2.24. The first-order chi connectivity index (χ1) is 4.74. The third-order valence-corrected chi connectivity index (χ3v) is 1.62. The lowest BCUT2D eigenvalue weighted by molar-refractivity contribution is -0.242. The Morgan fingerprint density at radius 2 is 2.30 bits per heavy atom. The SMILES string of the molecule is O=C(OO)C(O)CC1CC1. The molecular weight excluding hydrogens is 136 g/mol. The van der Waals surface area contributed by atoms with Crippen molar-refractivity contribution in [1.82, 2.24) is 0 Å². The van der Waals surface area contributed by atoms with E-state index >= 15 is 0 Å². The summed E-state index contributed by atoms with van der Waals surface area (Å²) in [6, 6.07) is 0. The van der Waals surface area contributed by atoms with E-state index in [-0.39, 0.29) is 0 Å². The molecule has 0 bridgehead atoms. The van der Waals surface area contributed by atoms with E-state index in [9.17, 15) is 4.79 Å². The Morgan fingerprint density at radius 3 is 2.70 bits per heavy atom. The second-order valence-corrected chi connectivity index (χ2v) is 2.61. The van der Waals surface area contributed by atoms with Crippen molar-refractivity contribution in [3.05, 3.63) is 0 Å². The van der Waals surface area contributed by atoms with E-state index in [0.29, 0.717) is 12.3 Å². The van der Waals surface area contributed by atoms with Crippen LogP contribution in [0.4, 0.5) is 0 Å². The van der Waals surface area contributed by atoms with Crippen LogP contribution in [0.3, 0.4) is 0 Å². The number of carbonyl (C=O) groups is 1. The third kappa shape index (κ3) is 1.97. The predicted molar refractivity (Wildman–Crippen MR) is 32.1 cm³/mol. The Hall–Kier alpha value is -0.610. The largest absolute Gasteiger partial charge is 0.381 e. The highest BCUT2D eigenvalue weighted by molar-refractivity contribution is 5.73. The third-order valence-electron chi connectivity index (χ3n) is 1.62. The molecule has 0 heterocycles. The van der Waals surface area contributed by atoms with E-state index < -0.39 is 12.1 Å². The average molecular weight is 146 g/mol. The quantitative estimate of drug-likeness (QED) is 0.439. The van der Waals surface area contributed by atoms with E-state index in [2.05, 4.69) is 4.89 Å². The first-order valence-corrected chi connectivity index (χ1v) is 3.27. The fourth-order valence-corrected chi connectivity index (χ4v) is 0.826. The predicted octanol–water partition coefficient (Wildman–Crippen LogP) is 0.164. The number of hydrogen-bond donors (Lipinski definition) is 2. The van der Waals surface area contributed by atoms with Crippen LogP contribution < -0.4 is 0 Å². The fourth-order valence-electron chi connectivity index (χ4n) is 0.826. The maximum Gasteiger partial charge on any atom is 0.370 e. The van der Waals surface area contributed by atoms with Crippen LogP contribution in [0.1, 0.15) is 19.3 Å². The summed E-state index contributed by atoms with van der Waals surface area (Å²) in [5, 5.41) is 16.7. The van der Waals surface area contributed by atoms with Crippen molar-refractivity contribution in [3.8, 4) is 0 Å². The summed E-state index contributed by atoms with van der Waals surface area (Å²) in [6.07, 6.45) is 1.41. The second-order valence-electron chi connectivity index (χ2n) is 2.61. The summed E-state index contributed by atoms with van der Waals surface area (Å²) in [4.78, 5) is 13.7. The molecule has 1 aliphatic carbocycles. The highest BCUT2D eigenvalue weighted by Gasteiger charge is 2.28. The molecule has 2 N–H and O–H groups in total. The van der Waals surface area contributed by atoms with E-state index in [1.807, 2.05) is 0 Å². The normalized spacial score (nSPS) is 20.2. The molecule has 0 amide bonds. The highest BCUT2D eigenvalue weighted by Crippen LogP contribution is 2.33. The Labute approximate surface area is 58.4 Å². The molecule has 0 aromatic rings. The summed E-state index contributed by atoms with van der Waals surface area (Å²) in [5.41, 5.74) is 0. The van der Waals surface area contributed by atoms with Gasteiger partial charge in [0.05, 0.1) is 0 Å². The van der Waals surface area contributed by atoms with E-state index in [1.165, 1.54) is 0 Å². The monoisotopic (exact) mass is 146 g/mol. The molecule has 10 heavy (non-hydrogen) atoms. The summed E-state index contributed by atoms with van der Waals surface area (Å²) in [7, 11) is 0. The van der Waals surface area contributed by atoms with Crippen LogP contribution in [0.15, 0.2) is 0 Å². The molecule has 1 atom stereocenters. The minimum atomic E-state index is -1.14. The van der Waals surface area contributed by atoms with Gasteiger partial charge in [-0.1, -0.05) is 12.8 Å². The van der Waals surface area contributed by atoms with E-state index in [0.717, 1.165) is 12.8 Å². The lowest BCUT2D eigenvalue weighted by Crippen LogP contribution is -2.22. The average Bonchev–Trinajstić information content (AvgIpc) is 2.70. The molecule has 1 saturated carbocycles. The molecule has 0 spiro atoms. The van der Waals surface area contributed by atoms with Gasteiger partial charge in [-0.15, -0.1) is 0 Å².